The summed E-state index contributed by atoms with van der Waals surface area (Å²) in [5.41, 5.74) is 9.42. The van der Waals surface area contributed by atoms with E-state index < -0.39 is 0 Å². The third kappa shape index (κ3) is 5.55. The van der Waals surface area contributed by atoms with Gasteiger partial charge in [0.15, 0.2) is 0 Å². The number of nitrogens with one attached hydrogen (secondary N) is 1. The molecule has 1 heterocycles. The van der Waals surface area contributed by atoms with E-state index in [1.165, 1.54) is 24.8 Å². The molecule has 0 atom stereocenters. The van der Waals surface area contributed by atoms with Gasteiger partial charge in [-0.2, -0.15) is 0 Å². The lowest BCUT2D eigenvalue weighted by Gasteiger charge is -2.17. The van der Waals surface area contributed by atoms with Crippen LogP contribution in [-0.4, -0.2) is 21.8 Å². The Bertz CT molecular complexity index is 622. The number of aromatic amines is 1. The molecule has 0 spiro atoms. The highest BCUT2D eigenvalue weighted by atomic mass is 14.9. The van der Waals surface area contributed by atoms with E-state index in [0.29, 0.717) is 11.9 Å². The molecule has 2 rings (SSSR count). The Hall–Kier alpha value is -2.10. The maximum atomic E-state index is 6.01. The molecule has 1 aliphatic carbocycles. The van der Waals surface area contributed by atoms with Crippen LogP contribution in [0.3, 0.4) is 0 Å². The monoisotopic (exact) mass is 312 g/mol. The van der Waals surface area contributed by atoms with Crippen molar-refractivity contribution in [1.82, 2.24) is 9.97 Å². The van der Waals surface area contributed by atoms with E-state index in [9.17, 15) is 0 Å². The molecule has 0 unspecified atom stereocenters. The summed E-state index contributed by atoms with van der Waals surface area (Å²) in [4.78, 5) is 12.3. The highest BCUT2D eigenvalue weighted by molar-refractivity contribution is 5.94. The molecule has 0 aliphatic heterocycles. The number of aromatic nitrogens is 2. The molecule has 4 nitrogen and oxygen atoms in total. The van der Waals surface area contributed by atoms with E-state index in [2.05, 4.69) is 41.0 Å². The minimum atomic E-state index is 0.396. The van der Waals surface area contributed by atoms with Crippen LogP contribution in [0.15, 0.2) is 35.0 Å². The number of nitrogens with zero attached hydrogens (tertiary/aromatic N) is 2. The van der Waals surface area contributed by atoms with E-state index in [-0.39, 0.29) is 0 Å². The van der Waals surface area contributed by atoms with Crippen LogP contribution in [0.1, 0.15) is 64.4 Å². The molecular weight excluding hydrogens is 284 g/mol. The Balaban J connectivity index is 2.03. The van der Waals surface area contributed by atoms with Gasteiger partial charge in [0.05, 0.1) is 17.9 Å². The van der Waals surface area contributed by atoms with Crippen LogP contribution in [0.25, 0.3) is 11.6 Å². The predicted octanol–water partition coefficient (Wildman–Crippen LogP) is 4.48. The average Bonchev–Trinajstić information content (AvgIpc) is 3.00. The molecule has 0 bridgehead atoms. The summed E-state index contributed by atoms with van der Waals surface area (Å²) in [6.45, 7) is 6.20. The smallest absolute Gasteiger partial charge is 0.130 e. The molecule has 124 valence electrons. The van der Waals surface area contributed by atoms with Gasteiger partial charge in [-0.05, 0) is 51.3 Å². The maximum Gasteiger partial charge on any atom is 0.130 e. The van der Waals surface area contributed by atoms with E-state index in [0.717, 1.165) is 29.9 Å². The molecule has 0 amide bonds. The summed E-state index contributed by atoms with van der Waals surface area (Å²) < 4.78 is 0. The number of hydrogen-bond donors (Lipinski definition) is 2. The molecule has 1 aliphatic rings. The SMILES string of the molecule is C/C=C(\C=C(C)C)c1cnc(/C=C\C(N)=NC2CCCCC2)[nH]1. The van der Waals surface area contributed by atoms with Crippen LogP contribution in [0.5, 0.6) is 0 Å². The third-order valence-corrected chi connectivity index (χ3v) is 3.98. The van der Waals surface area contributed by atoms with Crippen molar-refractivity contribution in [3.8, 4) is 0 Å². The molecule has 0 saturated heterocycles. The van der Waals surface area contributed by atoms with Gasteiger partial charge in [-0.25, -0.2) is 4.98 Å². The van der Waals surface area contributed by atoms with Gasteiger partial charge in [0.25, 0.3) is 0 Å². The normalized spacial score (nSPS) is 17.7. The first-order valence-corrected chi connectivity index (χ1v) is 8.46. The van der Waals surface area contributed by atoms with Gasteiger partial charge < -0.3 is 10.7 Å². The molecule has 23 heavy (non-hydrogen) atoms. The van der Waals surface area contributed by atoms with Crippen molar-refractivity contribution in [2.75, 3.05) is 0 Å². The second kappa shape index (κ2) is 8.51. The quantitative estimate of drug-likeness (QED) is 0.478. The average molecular weight is 312 g/mol. The Morgan fingerprint density at radius 3 is 2.70 bits per heavy atom. The van der Waals surface area contributed by atoms with Gasteiger partial charge in [0.2, 0.25) is 0 Å². The van der Waals surface area contributed by atoms with E-state index in [1.807, 2.05) is 25.3 Å². The van der Waals surface area contributed by atoms with Crippen molar-refractivity contribution in [2.24, 2.45) is 10.7 Å². The first-order chi connectivity index (χ1) is 11.1. The summed E-state index contributed by atoms with van der Waals surface area (Å²) in [5.74, 6) is 1.38. The lowest BCUT2D eigenvalue weighted by Crippen LogP contribution is -2.16. The number of amidine groups is 1. The Morgan fingerprint density at radius 1 is 1.30 bits per heavy atom. The number of allylic oxidation sites excluding steroid dienone is 4. The van der Waals surface area contributed by atoms with E-state index in [4.69, 9.17) is 5.73 Å². The standard InChI is InChI=1S/C19H28N4/c1-4-15(12-14(2)3)17-13-21-19(23-17)11-10-18(20)22-16-8-6-5-7-9-16/h4,10-13,16H,5-9H2,1-3H3,(H2,20,22)(H,21,23)/b11-10-,15-4+. The van der Waals surface area contributed by atoms with Gasteiger partial charge in [-0.1, -0.05) is 37.0 Å². The zero-order valence-corrected chi connectivity index (χ0v) is 14.5. The summed E-state index contributed by atoms with van der Waals surface area (Å²) >= 11 is 0. The van der Waals surface area contributed by atoms with Gasteiger partial charge in [0.1, 0.15) is 11.7 Å². The minimum Gasteiger partial charge on any atom is -0.384 e. The van der Waals surface area contributed by atoms with Gasteiger partial charge in [0, 0.05) is 0 Å². The lowest BCUT2D eigenvalue weighted by atomic mass is 9.96. The fourth-order valence-electron chi connectivity index (χ4n) is 2.82. The van der Waals surface area contributed by atoms with Crippen LogP contribution in [-0.2, 0) is 0 Å². The van der Waals surface area contributed by atoms with Gasteiger partial charge >= 0.3 is 0 Å². The second-order valence-electron chi connectivity index (χ2n) is 6.33. The van der Waals surface area contributed by atoms with Crippen molar-refractivity contribution >= 4 is 17.5 Å². The molecule has 0 radical (unpaired) electrons. The van der Waals surface area contributed by atoms with Crippen molar-refractivity contribution in [3.05, 3.63) is 41.5 Å². The molecule has 3 N–H and O–H groups in total. The molecular formula is C19H28N4. The topological polar surface area (TPSA) is 67.1 Å². The molecule has 1 aromatic heterocycles. The summed E-state index contributed by atoms with van der Waals surface area (Å²) in [6, 6.07) is 0.396. The minimum absolute atomic E-state index is 0.396. The first-order valence-electron chi connectivity index (χ1n) is 8.46. The number of imidazole rings is 1. The van der Waals surface area contributed by atoms with Crippen LogP contribution in [0, 0.1) is 0 Å². The largest absolute Gasteiger partial charge is 0.384 e. The van der Waals surface area contributed by atoms with Gasteiger partial charge in [-0.15, -0.1) is 0 Å². The summed E-state index contributed by atoms with van der Waals surface area (Å²) in [5, 5.41) is 0. The summed E-state index contributed by atoms with van der Waals surface area (Å²) in [7, 11) is 0. The number of rotatable bonds is 5. The molecule has 0 aromatic carbocycles. The third-order valence-electron chi connectivity index (χ3n) is 3.98. The maximum absolute atomic E-state index is 6.01. The van der Waals surface area contributed by atoms with Crippen molar-refractivity contribution < 1.29 is 0 Å². The first kappa shape index (κ1) is 17.3. The van der Waals surface area contributed by atoms with Crippen LogP contribution >= 0.6 is 0 Å². The number of nitrogens with two attached hydrogens (primary N) is 1. The Labute approximate surface area is 139 Å². The Kier molecular flexibility index (Phi) is 6.39. The number of hydrogen-bond acceptors (Lipinski definition) is 2. The summed E-state index contributed by atoms with van der Waals surface area (Å²) in [6.07, 6.45) is 16.0. The van der Waals surface area contributed by atoms with E-state index in [1.54, 1.807) is 0 Å². The second-order valence-corrected chi connectivity index (χ2v) is 6.33. The van der Waals surface area contributed by atoms with Crippen LogP contribution < -0.4 is 5.73 Å². The molecule has 1 saturated carbocycles. The zero-order valence-electron chi connectivity index (χ0n) is 14.5. The predicted molar refractivity (Wildman–Crippen MR) is 99.2 cm³/mol. The van der Waals surface area contributed by atoms with Crippen LogP contribution in [0.2, 0.25) is 0 Å². The lowest BCUT2D eigenvalue weighted by molar-refractivity contribution is 0.443. The molecule has 1 aromatic rings. The highest BCUT2D eigenvalue weighted by Crippen LogP contribution is 2.20. The van der Waals surface area contributed by atoms with Crippen molar-refractivity contribution in [3.63, 3.8) is 0 Å². The van der Waals surface area contributed by atoms with Gasteiger partial charge in [-0.3, -0.25) is 4.99 Å². The highest BCUT2D eigenvalue weighted by Gasteiger charge is 2.11. The fourth-order valence-corrected chi connectivity index (χ4v) is 2.82. The van der Waals surface area contributed by atoms with E-state index >= 15 is 0 Å². The number of H-pyrrole nitrogens is 1. The zero-order chi connectivity index (χ0) is 16.7. The fraction of sp³-hybridized carbons (Fsp3) is 0.474. The number of aliphatic imine (C=N–C) groups is 1. The Morgan fingerprint density at radius 2 is 2.04 bits per heavy atom. The molecule has 1 fully saturated rings. The van der Waals surface area contributed by atoms with Crippen LogP contribution in [0.4, 0.5) is 0 Å². The van der Waals surface area contributed by atoms with Crippen molar-refractivity contribution in [2.45, 2.75) is 58.9 Å². The van der Waals surface area contributed by atoms with Crippen molar-refractivity contribution in [1.29, 1.82) is 0 Å². The molecule has 4 heteroatoms.